The molecule has 0 bridgehead atoms. The van der Waals surface area contributed by atoms with E-state index in [9.17, 15) is 0 Å². The number of rotatable bonds is 7. The van der Waals surface area contributed by atoms with Crippen molar-refractivity contribution in [3.8, 4) is 0 Å². The number of para-hydroxylation sites is 1. The molecule has 0 radical (unpaired) electrons. The Morgan fingerprint density at radius 3 is 2.57 bits per heavy atom. The molecule has 0 heterocycles. The van der Waals surface area contributed by atoms with Gasteiger partial charge >= 0.3 is 0 Å². The molecule has 1 atom stereocenters. The highest BCUT2D eigenvalue weighted by molar-refractivity contribution is 14.0. The van der Waals surface area contributed by atoms with Gasteiger partial charge in [0.05, 0.1) is 6.61 Å². The van der Waals surface area contributed by atoms with Crippen molar-refractivity contribution in [1.82, 2.24) is 10.6 Å². The number of anilines is 1. The summed E-state index contributed by atoms with van der Waals surface area (Å²) in [4.78, 5) is 6.41. The number of nitrogens with one attached hydrogen (secondary N) is 2. The van der Waals surface area contributed by atoms with Crippen LogP contribution in [0.15, 0.2) is 35.3 Å². The highest BCUT2D eigenvalue weighted by Gasteiger charge is 2.05. The van der Waals surface area contributed by atoms with E-state index < -0.39 is 0 Å². The van der Waals surface area contributed by atoms with Gasteiger partial charge in [-0.1, -0.05) is 18.2 Å². The van der Waals surface area contributed by atoms with E-state index in [-0.39, 0.29) is 30.0 Å². The largest absolute Gasteiger partial charge is 0.383 e. The molecule has 6 heteroatoms. The van der Waals surface area contributed by atoms with Crippen LogP contribution in [0.2, 0.25) is 0 Å². The number of ether oxygens (including phenoxy) is 1. The highest BCUT2D eigenvalue weighted by atomic mass is 127. The number of benzene rings is 1. The van der Waals surface area contributed by atoms with Crippen molar-refractivity contribution in [3.05, 3.63) is 30.3 Å². The van der Waals surface area contributed by atoms with E-state index in [1.165, 1.54) is 5.69 Å². The Morgan fingerprint density at radius 1 is 1.33 bits per heavy atom. The van der Waals surface area contributed by atoms with Crippen molar-refractivity contribution in [2.75, 3.05) is 45.8 Å². The van der Waals surface area contributed by atoms with Crippen LogP contribution >= 0.6 is 24.0 Å². The Hall–Kier alpha value is -1.02. The minimum atomic E-state index is 0. The highest BCUT2D eigenvalue weighted by Crippen LogP contribution is 2.09. The summed E-state index contributed by atoms with van der Waals surface area (Å²) < 4.78 is 5.10. The first-order valence-electron chi connectivity index (χ1n) is 6.89. The maximum Gasteiger partial charge on any atom is 0.191 e. The Balaban J connectivity index is 0.00000400. The molecule has 1 aromatic carbocycles. The lowest BCUT2D eigenvalue weighted by Gasteiger charge is -2.21. The quantitative estimate of drug-likeness (QED) is 0.413. The lowest BCUT2D eigenvalue weighted by atomic mass is 10.3. The van der Waals surface area contributed by atoms with Gasteiger partial charge in [-0.15, -0.1) is 24.0 Å². The zero-order valence-electron chi connectivity index (χ0n) is 13.3. The molecule has 0 aliphatic heterocycles. The fourth-order valence-corrected chi connectivity index (χ4v) is 1.87. The van der Waals surface area contributed by atoms with E-state index in [0.717, 1.165) is 19.0 Å². The molecule has 0 spiro atoms. The number of hydrogen-bond donors (Lipinski definition) is 2. The summed E-state index contributed by atoms with van der Waals surface area (Å²) in [5.74, 6) is 0.802. The van der Waals surface area contributed by atoms with Crippen LogP contribution in [0.25, 0.3) is 0 Å². The molecule has 0 saturated heterocycles. The molecule has 1 aromatic rings. The molecule has 0 fully saturated rings. The third kappa shape index (κ3) is 8.11. The molecule has 0 saturated carbocycles. The third-order valence-corrected chi connectivity index (χ3v) is 2.96. The summed E-state index contributed by atoms with van der Waals surface area (Å²) in [5.41, 5.74) is 1.21. The fourth-order valence-electron chi connectivity index (χ4n) is 1.87. The minimum Gasteiger partial charge on any atom is -0.383 e. The van der Waals surface area contributed by atoms with E-state index >= 15 is 0 Å². The average Bonchev–Trinajstić information content (AvgIpc) is 2.47. The maximum absolute atomic E-state index is 5.10. The number of likely N-dealkylation sites (N-methyl/N-ethyl adjacent to an activating group) is 1. The first kappa shape index (κ1) is 20.0. The first-order chi connectivity index (χ1) is 9.67. The molecule has 5 nitrogen and oxygen atoms in total. The maximum atomic E-state index is 5.10. The lowest BCUT2D eigenvalue weighted by molar-refractivity contribution is 0.179. The molecular weight excluding hydrogens is 379 g/mol. The Labute approximate surface area is 145 Å². The van der Waals surface area contributed by atoms with E-state index in [1.807, 2.05) is 18.2 Å². The summed E-state index contributed by atoms with van der Waals surface area (Å²) in [6, 6.07) is 10.6. The number of hydrogen-bond acceptors (Lipinski definition) is 3. The Bertz CT molecular complexity index is 400. The van der Waals surface area contributed by atoms with Crippen LogP contribution in [-0.4, -0.2) is 52.9 Å². The lowest BCUT2D eigenvalue weighted by Crippen LogP contribution is -2.45. The van der Waals surface area contributed by atoms with Crippen LogP contribution in [0.1, 0.15) is 6.92 Å². The molecule has 21 heavy (non-hydrogen) atoms. The van der Waals surface area contributed by atoms with Crippen molar-refractivity contribution in [2.24, 2.45) is 4.99 Å². The molecule has 1 rings (SSSR count). The zero-order chi connectivity index (χ0) is 14.8. The Kier molecular flexibility index (Phi) is 11.1. The van der Waals surface area contributed by atoms with Gasteiger partial charge in [0.1, 0.15) is 0 Å². The van der Waals surface area contributed by atoms with Crippen molar-refractivity contribution in [1.29, 1.82) is 0 Å². The average molecular weight is 406 g/mol. The molecular formula is C15H27IN4O. The van der Waals surface area contributed by atoms with Crippen LogP contribution in [0.3, 0.4) is 0 Å². The third-order valence-electron chi connectivity index (χ3n) is 2.96. The molecule has 120 valence electrons. The van der Waals surface area contributed by atoms with Crippen molar-refractivity contribution in [2.45, 2.75) is 13.0 Å². The van der Waals surface area contributed by atoms with E-state index in [2.05, 4.69) is 46.6 Å². The van der Waals surface area contributed by atoms with Crippen molar-refractivity contribution >= 4 is 35.6 Å². The summed E-state index contributed by atoms with van der Waals surface area (Å²) in [6.07, 6.45) is 0. The van der Waals surface area contributed by atoms with Gasteiger partial charge < -0.3 is 20.3 Å². The van der Waals surface area contributed by atoms with Gasteiger partial charge in [0, 0.05) is 46.0 Å². The molecule has 0 amide bonds. The minimum absolute atomic E-state index is 0. The van der Waals surface area contributed by atoms with Crippen LogP contribution in [0.4, 0.5) is 5.69 Å². The van der Waals surface area contributed by atoms with Gasteiger partial charge in [-0.2, -0.15) is 0 Å². The zero-order valence-corrected chi connectivity index (χ0v) is 15.6. The smallest absolute Gasteiger partial charge is 0.191 e. The number of aliphatic imine (C=N–C) groups is 1. The fraction of sp³-hybridized carbons (Fsp3) is 0.533. The van der Waals surface area contributed by atoms with E-state index in [4.69, 9.17) is 4.74 Å². The van der Waals surface area contributed by atoms with Crippen LogP contribution in [-0.2, 0) is 4.74 Å². The molecule has 0 aliphatic rings. The summed E-state index contributed by atoms with van der Waals surface area (Å²) in [6.45, 7) is 4.45. The van der Waals surface area contributed by atoms with Crippen LogP contribution in [0.5, 0.6) is 0 Å². The topological polar surface area (TPSA) is 48.9 Å². The predicted molar refractivity (Wildman–Crippen MR) is 101 cm³/mol. The number of guanidine groups is 1. The first-order valence-corrected chi connectivity index (χ1v) is 6.89. The second-order valence-electron chi connectivity index (χ2n) is 4.76. The van der Waals surface area contributed by atoms with Crippen LogP contribution in [0, 0.1) is 0 Å². The molecule has 0 aromatic heterocycles. The second-order valence-corrected chi connectivity index (χ2v) is 4.76. The van der Waals surface area contributed by atoms with E-state index in [0.29, 0.717) is 6.61 Å². The Morgan fingerprint density at radius 2 is 2.00 bits per heavy atom. The second kappa shape index (κ2) is 11.6. The molecule has 1 unspecified atom stereocenters. The molecule has 2 N–H and O–H groups in total. The number of nitrogens with zero attached hydrogens (tertiary/aromatic N) is 2. The van der Waals surface area contributed by atoms with Gasteiger partial charge in [0.15, 0.2) is 5.96 Å². The normalized spacial score (nSPS) is 12.3. The van der Waals surface area contributed by atoms with E-state index in [1.54, 1.807) is 14.2 Å². The van der Waals surface area contributed by atoms with Crippen molar-refractivity contribution in [3.63, 3.8) is 0 Å². The van der Waals surface area contributed by atoms with Crippen molar-refractivity contribution < 1.29 is 4.74 Å². The van der Waals surface area contributed by atoms with Gasteiger partial charge in [0.2, 0.25) is 0 Å². The summed E-state index contributed by atoms with van der Waals surface area (Å²) in [5, 5.41) is 6.58. The standard InChI is InChI=1S/C15H26N4O.HI/c1-13(12-20-4)18-15(16-2)17-10-11-19(3)14-8-6-5-7-9-14;/h5-9,13H,10-12H2,1-4H3,(H2,16,17,18);1H. The summed E-state index contributed by atoms with van der Waals surface area (Å²) in [7, 11) is 5.56. The SMILES string of the molecule is CN=C(NCCN(C)c1ccccc1)NC(C)COC.I. The number of methoxy groups -OCH3 is 1. The monoisotopic (exact) mass is 406 g/mol. The summed E-state index contributed by atoms with van der Waals surface area (Å²) >= 11 is 0. The van der Waals surface area contributed by atoms with Gasteiger partial charge in [0.25, 0.3) is 0 Å². The predicted octanol–water partition coefficient (Wildman–Crippen LogP) is 1.94. The van der Waals surface area contributed by atoms with Gasteiger partial charge in [-0.05, 0) is 19.1 Å². The van der Waals surface area contributed by atoms with Gasteiger partial charge in [-0.3, -0.25) is 4.99 Å². The molecule has 0 aliphatic carbocycles. The number of halogens is 1. The van der Waals surface area contributed by atoms with Crippen LogP contribution < -0.4 is 15.5 Å². The van der Waals surface area contributed by atoms with Gasteiger partial charge in [-0.25, -0.2) is 0 Å².